The summed E-state index contributed by atoms with van der Waals surface area (Å²) in [5, 5.41) is 11.1. The Kier molecular flexibility index (Phi) is 3.37. The number of aromatic amines is 1. The van der Waals surface area contributed by atoms with E-state index in [9.17, 15) is 9.90 Å². The molecular weight excluding hydrogens is 278 g/mol. The highest BCUT2D eigenvalue weighted by molar-refractivity contribution is 6.08. The number of H-pyrrole nitrogens is 1. The molecule has 0 spiro atoms. The molecule has 22 heavy (non-hydrogen) atoms. The van der Waals surface area contributed by atoms with Crippen LogP contribution in [0.25, 0.3) is 22.0 Å². The molecule has 3 rings (SSSR count). The highest BCUT2D eigenvalue weighted by Crippen LogP contribution is 2.44. The van der Waals surface area contributed by atoms with Gasteiger partial charge in [0, 0.05) is 33.3 Å². The minimum absolute atomic E-state index is 0.0205. The van der Waals surface area contributed by atoms with Crippen LogP contribution in [0.4, 0.5) is 0 Å². The first-order valence-electron chi connectivity index (χ1n) is 7.03. The molecule has 3 aromatic rings. The summed E-state index contributed by atoms with van der Waals surface area (Å²) >= 11 is 0. The average molecular weight is 295 g/mol. The molecule has 0 saturated carbocycles. The third-order valence-electron chi connectivity index (χ3n) is 3.86. The molecule has 2 N–H and O–H groups in total. The predicted molar refractivity (Wildman–Crippen MR) is 86.7 cm³/mol. The van der Waals surface area contributed by atoms with Gasteiger partial charge in [-0.2, -0.15) is 0 Å². The number of fused-ring (bicyclic) bond motifs is 1. The Morgan fingerprint density at radius 3 is 2.55 bits per heavy atom. The van der Waals surface area contributed by atoms with Crippen LogP contribution < -0.4 is 4.74 Å². The number of hydrogen-bond acceptors (Lipinski definition) is 3. The Labute approximate surface area is 128 Å². The van der Waals surface area contributed by atoms with Crippen LogP contribution in [0.5, 0.6) is 11.5 Å². The summed E-state index contributed by atoms with van der Waals surface area (Å²) in [6.45, 7) is 3.46. The van der Waals surface area contributed by atoms with E-state index in [-0.39, 0.29) is 11.5 Å². The number of rotatable bonds is 3. The van der Waals surface area contributed by atoms with Gasteiger partial charge in [-0.1, -0.05) is 18.2 Å². The van der Waals surface area contributed by atoms with E-state index >= 15 is 0 Å². The summed E-state index contributed by atoms with van der Waals surface area (Å²) in [4.78, 5) is 15.4. The lowest BCUT2D eigenvalue weighted by atomic mass is 9.94. The van der Waals surface area contributed by atoms with Crippen molar-refractivity contribution in [3.8, 4) is 22.6 Å². The molecule has 1 heterocycles. The van der Waals surface area contributed by atoms with Crippen molar-refractivity contribution in [1.29, 1.82) is 0 Å². The van der Waals surface area contributed by atoms with Crippen molar-refractivity contribution in [2.45, 2.75) is 13.8 Å². The van der Waals surface area contributed by atoms with Crippen molar-refractivity contribution < 1.29 is 14.6 Å². The largest absolute Gasteiger partial charge is 0.504 e. The van der Waals surface area contributed by atoms with E-state index in [1.165, 1.54) is 20.1 Å². The molecule has 0 fully saturated rings. The predicted octanol–water partition coefficient (Wildman–Crippen LogP) is 4.06. The summed E-state index contributed by atoms with van der Waals surface area (Å²) in [5.74, 6) is 0.269. The molecule has 4 heteroatoms. The van der Waals surface area contributed by atoms with E-state index < -0.39 is 0 Å². The highest BCUT2D eigenvalue weighted by atomic mass is 16.5. The topological polar surface area (TPSA) is 62.3 Å². The quantitative estimate of drug-likeness (QED) is 0.716. The summed E-state index contributed by atoms with van der Waals surface area (Å²) in [6.07, 6.45) is 0. The summed E-state index contributed by atoms with van der Waals surface area (Å²) in [5.41, 5.74) is 3.95. The number of Topliss-reactive ketones (excluding diaryl/α,β-unsaturated/α-hetero) is 1. The van der Waals surface area contributed by atoms with Gasteiger partial charge in [0.05, 0.1) is 7.11 Å². The van der Waals surface area contributed by atoms with Crippen molar-refractivity contribution in [2.24, 2.45) is 0 Å². The Morgan fingerprint density at radius 1 is 1.14 bits per heavy atom. The second-order valence-corrected chi connectivity index (χ2v) is 5.27. The van der Waals surface area contributed by atoms with Gasteiger partial charge < -0.3 is 14.8 Å². The van der Waals surface area contributed by atoms with Gasteiger partial charge in [0.25, 0.3) is 0 Å². The number of nitrogens with one attached hydrogen (secondary N) is 1. The Morgan fingerprint density at radius 2 is 1.86 bits per heavy atom. The standard InChI is InChI=1S/C18H17NO3/c1-10-16(13-6-4-5-7-14(13)19-10)17-12(11(2)20)8-9-15(21)18(17)22-3/h4-9,19,21H,1-3H3. The summed E-state index contributed by atoms with van der Waals surface area (Å²) in [7, 11) is 1.49. The van der Waals surface area contributed by atoms with Gasteiger partial charge in [-0.3, -0.25) is 4.79 Å². The lowest BCUT2D eigenvalue weighted by Gasteiger charge is -2.14. The normalized spacial score (nSPS) is 10.9. The van der Waals surface area contributed by atoms with Crippen molar-refractivity contribution in [1.82, 2.24) is 4.98 Å². The minimum atomic E-state index is -0.0713. The van der Waals surface area contributed by atoms with Crippen LogP contribution in [-0.2, 0) is 0 Å². The van der Waals surface area contributed by atoms with E-state index in [1.807, 2.05) is 31.2 Å². The number of phenolic OH excluding ortho intramolecular Hbond substituents is 1. The fourth-order valence-corrected chi connectivity index (χ4v) is 2.92. The number of methoxy groups -OCH3 is 1. The number of phenols is 1. The Bertz CT molecular complexity index is 877. The van der Waals surface area contributed by atoms with E-state index in [4.69, 9.17) is 4.74 Å². The molecule has 1 aromatic heterocycles. The third kappa shape index (κ3) is 2.04. The van der Waals surface area contributed by atoms with Gasteiger partial charge in [0.2, 0.25) is 0 Å². The molecule has 0 bridgehead atoms. The summed E-state index contributed by atoms with van der Waals surface area (Å²) < 4.78 is 5.38. The minimum Gasteiger partial charge on any atom is -0.504 e. The van der Waals surface area contributed by atoms with Gasteiger partial charge in [-0.15, -0.1) is 0 Å². The number of aromatic nitrogens is 1. The van der Waals surface area contributed by atoms with Crippen LogP contribution in [-0.4, -0.2) is 23.0 Å². The maximum atomic E-state index is 12.0. The van der Waals surface area contributed by atoms with Gasteiger partial charge in [-0.25, -0.2) is 0 Å². The van der Waals surface area contributed by atoms with Crippen LogP contribution in [0.2, 0.25) is 0 Å². The number of hydrogen-bond donors (Lipinski definition) is 2. The maximum absolute atomic E-state index is 12.0. The molecule has 0 atom stereocenters. The fraction of sp³-hybridized carbons (Fsp3) is 0.167. The second kappa shape index (κ2) is 5.22. The third-order valence-corrected chi connectivity index (χ3v) is 3.86. The molecule has 0 aliphatic heterocycles. The van der Waals surface area contributed by atoms with E-state index in [0.717, 1.165) is 22.2 Å². The molecule has 0 unspecified atom stereocenters. The average Bonchev–Trinajstić information content (AvgIpc) is 2.82. The van der Waals surface area contributed by atoms with Crippen molar-refractivity contribution in [3.05, 3.63) is 47.7 Å². The van der Waals surface area contributed by atoms with Gasteiger partial charge in [0.15, 0.2) is 17.3 Å². The number of benzene rings is 2. The number of ketones is 1. The van der Waals surface area contributed by atoms with Gasteiger partial charge >= 0.3 is 0 Å². The van der Waals surface area contributed by atoms with E-state index in [0.29, 0.717) is 16.9 Å². The van der Waals surface area contributed by atoms with Crippen molar-refractivity contribution >= 4 is 16.7 Å². The summed E-state index contributed by atoms with van der Waals surface area (Å²) in [6, 6.07) is 11.0. The highest BCUT2D eigenvalue weighted by Gasteiger charge is 2.22. The lowest BCUT2D eigenvalue weighted by molar-refractivity contribution is 0.101. The number of carbonyl (C=O) groups excluding carboxylic acids is 1. The maximum Gasteiger partial charge on any atom is 0.169 e. The molecule has 112 valence electrons. The number of aromatic hydroxyl groups is 1. The molecule has 0 radical (unpaired) electrons. The van der Waals surface area contributed by atoms with Crippen molar-refractivity contribution in [3.63, 3.8) is 0 Å². The van der Waals surface area contributed by atoms with Crippen LogP contribution in [0.1, 0.15) is 23.0 Å². The number of para-hydroxylation sites is 1. The molecule has 0 aliphatic rings. The molecule has 2 aromatic carbocycles. The van der Waals surface area contributed by atoms with Crippen LogP contribution in [0.15, 0.2) is 36.4 Å². The number of carbonyl (C=O) groups is 1. The molecule has 4 nitrogen and oxygen atoms in total. The SMILES string of the molecule is COc1c(O)ccc(C(C)=O)c1-c1c(C)[nH]c2ccccc12. The molecular formula is C18H17NO3. The first kappa shape index (κ1) is 14.2. The van der Waals surface area contributed by atoms with Crippen LogP contribution in [0, 0.1) is 6.92 Å². The Hall–Kier alpha value is -2.75. The van der Waals surface area contributed by atoms with Crippen LogP contribution in [0.3, 0.4) is 0 Å². The molecule has 0 aliphatic carbocycles. The van der Waals surface area contributed by atoms with Crippen LogP contribution >= 0.6 is 0 Å². The van der Waals surface area contributed by atoms with E-state index in [1.54, 1.807) is 6.07 Å². The van der Waals surface area contributed by atoms with Crippen molar-refractivity contribution in [2.75, 3.05) is 7.11 Å². The molecule has 0 amide bonds. The number of aryl methyl sites for hydroxylation is 1. The molecule has 0 saturated heterocycles. The zero-order chi connectivity index (χ0) is 15.9. The Balaban J connectivity index is 2.46. The van der Waals surface area contributed by atoms with E-state index in [2.05, 4.69) is 4.98 Å². The zero-order valence-electron chi connectivity index (χ0n) is 12.7. The smallest absolute Gasteiger partial charge is 0.169 e. The monoisotopic (exact) mass is 295 g/mol. The second-order valence-electron chi connectivity index (χ2n) is 5.27. The number of ether oxygens (including phenoxy) is 1. The van der Waals surface area contributed by atoms with Gasteiger partial charge in [-0.05, 0) is 32.0 Å². The van der Waals surface area contributed by atoms with Gasteiger partial charge in [0.1, 0.15) is 0 Å². The lowest BCUT2D eigenvalue weighted by Crippen LogP contribution is -2.00. The first-order chi connectivity index (χ1) is 10.5. The zero-order valence-corrected chi connectivity index (χ0v) is 12.7. The fourth-order valence-electron chi connectivity index (χ4n) is 2.92. The first-order valence-corrected chi connectivity index (χ1v) is 7.03.